The molecule has 6 nitrogen and oxygen atoms in total. The second-order valence-electron chi connectivity index (χ2n) is 5.07. The molecule has 0 aliphatic carbocycles. The Bertz CT molecular complexity index is 472. The Kier molecular flexibility index (Phi) is 5.57. The first-order valence-corrected chi connectivity index (χ1v) is 7.17. The first-order chi connectivity index (χ1) is 10.1. The van der Waals surface area contributed by atoms with E-state index in [-0.39, 0.29) is 18.0 Å². The molecule has 3 N–H and O–H groups in total. The molecule has 6 heteroatoms. The van der Waals surface area contributed by atoms with Gasteiger partial charge in [-0.25, -0.2) is 4.79 Å². The summed E-state index contributed by atoms with van der Waals surface area (Å²) in [6, 6.07) is 8.15. The van der Waals surface area contributed by atoms with Gasteiger partial charge in [0.25, 0.3) is 0 Å². The standard InChI is InChI=1S/C15H21N3O3/c1-11(14(19)18-12-6-3-2-4-7-12)17-15(20)16-10-13-8-5-9-21-13/h2-4,6-7,11,13H,5,8-10H2,1H3,(H,18,19)(H2,16,17,20)/t11-,13+/m1/s1. The minimum Gasteiger partial charge on any atom is -0.376 e. The molecular formula is C15H21N3O3. The largest absolute Gasteiger partial charge is 0.376 e. The van der Waals surface area contributed by atoms with E-state index >= 15 is 0 Å². The van der Waals surface area contributed by atoms with Crippen LogP contribution in [0.5, 0.6) is 0 Å². The molecule has 1 fully saturated rings. The third kappa shape index (κ3) is 5.07. The number of hydrogen-bond acceptors (Lipinski definition) is 3. The van der Waals surface area contributed by atoms with E-state index in [2.05, 4.69) is 16.0 Å². The minimum absolute atomic E-state index is 0.0872. The molecule has 1 aliphatic heterocycles. The third-order valence-corrected chi connectivity index (χ3v) is 3.30. The molecule has 21 heavy (non-hydrogen) atoms. The van der Waals surface area contributed by atoms with Crippen molar-refractivity contribution in [2.24, 2.45) is 0 Å². The maximum atomic E-state index is 11.9. The maximum absolute atomic E-state index is 11.9. The lowest BCUT2D eigenvalue weighted by atomic mass is 10.2. The molecule has 0 bridgehead atoms. The first kappa shape index (κ1) is 15.3. The summed E-state index contributed by atoms with van der Waals surface area (Å²) in [6.07, 6.45) is 2.08. The van der Waals surface area contributed by atoms with Gasteiger partial charge in [-0.15, -0.1) is 0 Å². The highest BCUT2D eigenvalue weighted by atomic mass is 16.5. The normalized spacial score (nSPS) is 18.8. The highest BCUT2D eigenvalue weighted by molar-refractivity contribution is 5.96. The second-order valence-corrected chi connectivity index (χ2v) is 5.07. The molecule has 1 heterocycles. The van der Waals surface area contributed by atoms with Crippen molar-refractivity contribution in [2.45, 2.75) is 31.9 Å². The van der Waals surface area contributed by atoms with Crippen molar-refractivity contribution in [3.05, 3.63) is 30.3 Å². The van der Waals surface area contributed by atoms with E-state index < -0.39 is 6.04 Å². The summed E-state index contributed by atoms with van der Waals surface area (Å²) in [5, 5.41) is 8.06. The zero-order chi connectivity index (χ0) is 15.1. The molecule has 114 valence electrons. The van der Waals surface area contributed by atoms with E-state index in [0.29, 0.717) is 12.2 Å². The Balaban J connectivity index is 1.70. The number of benzene rings is 1. The summed E-state index contributed by atoms with van der Waals surface area (Å²) in [6.45, 7) is 2.87. The number of amides is 3. The number of urea groups is 1. The van der Waals surface area contributed by atoms with Crippen LogP contribution < -0.4 is 16.0 Å². The van der Waals surface area contributed by atoms with Crippen molar-refractivity contribution >= 4 is 17.6 Å². The van der Waals surface area contributed by atoms with Gasteiger partial charge in [0.05, 0.1) is 6.10 Å². The van der Waals surface area contributed by atoms with Crippen molar-refractivity contribution in [3.8, 4) is 0 Å². The average molecular weight is 291 g/mol. The lowest BCUT2D eigenvalue weighted by Crippen LogP contribution is -2.47. The number of carbonyl (C=O) groups excluding carboxylic acids is 2. The van der Waals surface area contributed by atoms with Gasteiger partial charge in [-0.1, -0.05) is 18.2 Å². The van der Waals surface area contributed by atoms with E-state index in [0.717, 1.165) is 19.4 Å². The van der Waals surface area contributed by atoms with Crippen LogP contribution in [0.15, 0.2) is 30.3 Å². The van der Waals surface area contributed by atoms with Gasteiger partial charge < -0.3 is 20.7 Å². The monoisotopic (exact) mass is 291 g/mol. The summed E-state index contributed by atoms with van der Waals surface area (Å²) in [5.74, 6) is -0.256. The SMILES string of the molecule is C[C@@H](NC(=O)NC[C@@H]1CCCO1)C(=O)Nc1ccccc1. The van der Waals surface area contributed by atoms with Gasteiger partial charge in [-0.2, -0.15) is 0 Å². The Labute approximate surface area is 124 Å². The zero-order valence-corrected chi connectivity index (χ0v) is 12.1. The van der Waals surface area contributed by atoms with Crippen LogP contribution >= 0.6 is 0 Å². The van der Waals surface area contributed by atoms with Crippen molar-refractivity contribution in [3.63, 3.8) is 0 Å². The summed E-state index contributed by atoms with van der Waals surface area (Å²) in [4.78, 5) is 23.6. The Hall–Kier alpha value is -2.08. The van der Waals surface area contributed by atoms with Crippen LogP contribution in [0.4, 0.5) is 10.5 Å². The van der Waals surface area contributed by atoms with Crippen molar-refractivity contribution in [1.82, 2.24) is 10.6 Å². The van der Waals surface area contributed by atoms with Crippen LogP contribution in [0.2, 0.25) is 0 Å². The second kappa shape index (κ2) is 7.64. The highest BCUT2D eigenvalue weighted by Crippen LogP contribution is 2.10. The van der Waals surface area contributed by atoms with E-state index in [1.54, 1.807) is 19.1 Å². The number of hydrogen-bond donors (Lipinski definition) is 3. The van der Waals surface area contributed by atoms with Gasteiger partial charge in [-0.3, -0.25) is 4.79 Å². The third-order valence-electron chi connectivity index (χ3n) is 3.30. The molecule has 1 aliphatic rings. The molecule has 2 atom stereocenters. The average Bonchev–Trinajstić information content (AvgIpc) is 2.99. The fraction of sp³-hybridized carbons (Fsp3) is 0.467. The van der Waals surface area contributed by atoms with E-state index in [4.69, 9.17) is 4.74 Å². The smallest absolute Gasteiger partial charge is 0.315 e. The summed E-state index contributed by atoms with van der Waals surface area (Å²) in [5.41, 5.74) is 0.705. The number of nitrogens with one attached hydrogen (secondary N) is 3. The number of ether oxygens (including phenoxy) is 1. The lowest BCUT2D eigenvalue weighted by molar-refractivity contribution is -0.117. The zero-order valence-electron chi connectivity index (χ0n) is 12.1. The number of anilines is 1. The van der Waals surface area contributed by atoms with Crippen LogP contribution in [0, 0.1) is 0 Å². The topological polar surface area (TPSA) is 79.5 Å². The van der Waals surface area contributed by atoms with Gasteiger partial charge in [0.15, 0.2) is 0 Å². The molecular weight excluding hydrogens is 270 g/mol. The fourth-order valence-electron chi connectivity index (χ4n) is 2.10. The van der Waals surface area contributed by atoms with Crippen LogP contribution in [-0.4, -0.2) is 37.2 Å². The van der Waals surface area contributed by atoms with Crippen LogP contribution in [0.3, 0.4) is 0 Å². The summed E-state index contributed by atoms with van der Waals surface area (Å²) >= 11 is 0. The van der Waals surface area contributed by atoms with Gasteiger partial charge in [-0.05, 0) is 31.9 Å². The Morgan fingerprint density at radius 1 is 1.33 bits per heavy atom. The van der Waals surface area contributed by atoms with Gasteiger partial charge in [0.1, 0.15) is 6.04 Å². The van der Waals surface area contributed by atoms with E-state index in [1.807, 2.05) is 18.2 Å². The quantitative estimate of drug-likeness (QED) is 0.769. The van der Waals surface area contributed by atoms with E-state index in [9.17, 15) is 9.59 Å². The van der Waals surface area contributed by atoms with E-state index in [1.165, 1.54) is 0 Å². The molecule has 3 amide bonds. The number of rotatable bonds is 5. The maximum Gasteiger partial charge on any atom is 0.315 e. The van der Waals surface area contributed by atoms with Gasteiger partial charge in [0, 0.05) is 18.8 Å². The molecule has 2 rings (SSSR count). The first-order valence-electron chi connectivity index (χ1n) is 7.17. The molecule has 0 aromatic heterocycles. The highest BCUT2D eigenvalue weighted by Gasteiger charge is 2.18. The van der Waals surface area contributed by atoms with Crippen LogP contribution in [-0.2, 0) is 9.53 Å². The van der Waals surface area contributed by atoms with Crippen molar-refractivity contribution in [2.75, 3.05) is 18.5 Å². The van der Waals surface area contributed by atoms with Crippen LogP contribution in [0.25, 0.3) is 0 Å². The van der Waals surface area contributed by atoms with Gasteiger partial charge in [0.2, 0.25) is 5.91 Å². The van der Waals surface area contributed by atoms with Crippen molar-refractivity contribution < 1.29 is 14.3 Å². The Morgan fingerprint density at radius 3 is 2.76 bits per heavy atom. The molecule has 1 aromatic carbocycles. The Morgan fingerprint density at radius 2 is 2.10 bits per heavy atom. The minimum atomic E-state index is -0.616. The number of para-hydroxylation sites is 1. The predicted octanol–water partition coefficient (Wildman–Crippen LogP) is 1.49. The van der Waals surface area contributed by atoms with Crippen LogP contribution in [0.1, 0.15) is 19.8 Å². The molecule has 0 radical (unpaired) electrons. The summed E-state index contributed by atoms with van der Waals surface area (Å²) < 4.78 is 5.41. The number of carbonyl (C=O) groups is 2. The van der Waals surface area contributed by atoms with Gasteiger partial charge >= 0.3 is 6.03 Å². The predicted molar refractivity (Wildman–Crippen MR) is 80.0 cm³/mol. The molecule has 1 aromatic rings. The molecule has 0 unspecified atom stereocenters. The lowest BCUT2D eigenvalue weighted by Gasteiger charge is -2.16. The molecule has 1 saturated heterocycles. The fourth-order valence-corrected chi connectivity index (χ4v) is 2.10. The summed E-state index contributed by atoms with van der Waals surface area (Å²) in [7, 11) is 0. The molecule has 0 spiro atoms. The van der Waals surface area contributed by atoms with Crippen molar-refractivity contribution in [1.29, 1.82) is 0 Å². The molecule has 0 saturated carbocycles.